The molecule has 0 unspecified atom stereocenters. The second-order valence-corrected chi connectivity index (χ2v) is 10.5. The minimum atomic E-state index is -0.585. The van der Waals surface area contributed by atoms with Crippen molar-refractivity contribution in [1.29, 1.82) is 0 Å². The molecule has 0 radical (unpaired) electrons. The molecule has 36 heavy (non-hydrogen) atoms. The third-order valence-corrected chi connectivity index (χ3v) is 7.20. The van der Waals surface area contributed by atoms with Crippen molar-refractivity contribution in [3.05, 3.63) is 101 Å². The van der Waals surface area contributed by atoms with E-state index in [1.807, 2.05) is 79.7 Å². The van der Waals surface area contributed by atoms with Crippen LogP contribution in [-0.2, 0) is 22.6 Å². The molecular weight excluding hydrogens is 488 g/mol. The lowest BCUT2D eigenvalue weighted by Gasteiger charge is -2.32. The van der Waals surface area contributed by atoms with E-state index in [-0.39, 0.29) is 11.8 Å². The molecule has 0 heterocycles. The predicted molar refractivity (Wildman–Crippen MR) is 150 cm³/mol. The summed E-state index contributed by atoms with van der Waals surface area (Å²) in [5, 5.41) is 3.77. The van der Waals surface area contributed by atoms with E-state index in [2.05, 4.69) is 18.3 Å². The van der Waals surface area contributed by atoms with E-state index >= 15 is 0 Å². The van der Waals surface area contributed by atoms with Crippen LogP contribution in [0.4, 0.5) is 0 Å². The fourth-order valence-corrected chi connectivity index (χ4v) is 4.96. The molecule has 3 aromatic rings. The highest BCUT2D eigenvalue weighted by Gasteiger charge is 2.30. The predicted octanol–water partition coefficient (Wildman–Crippen LogP) is 6.69. The summed E-state index contributed by atoms with van der Waals surface area (Å²) >= 11 is 7.61. The van der Waals surface area contributed by atoms with Gasteiger partial charge in [-0.05, 0) is 48.7 Å². The number of nitrogens with one attached hydrogen (secondary N) is 1. The number of hydrogen-bond donors (Lipinski definition) is 1. The van der Waals surface area contributed by atoms with Gasteiger partial charge >= 0.3 is 0 Å². The van der Waals surface area contributed by atoms with Crippen LogP contribution in [0.1, 0.15) is 42.9 Å². The van der Waals surface area contributed by atoms with Crippen LogP contribution in [0, 0.1) is 6.92 Å². The van der Waals surface area contributed by atoms with E-state index < -0.39 is 6.04 Å². The molecule has 0 aliphatic carbocycles. The lowest BCUT2D eigenvalue weighted by Crippen LogP contribution is -2.50. The van der Waals surface area contributed by atoms with Gasteiger partial charge in [0.2, 0.25) is 11.8 Å². The minimum Gasteiger partial charge on any atom is -0.354 e. The number of aryl methyl sites for hydroxylation is 1. The Morgan fingerprint density at radius 3 is 2.39 bits per heavy atom. The van der Waals surface area contributed by atoms with Gasteiger partial charge in [0.1, 0.15) is 6.04 Å². The Balaban J connectivity index is 1.82. The van der Waals surface area contributed by atoms with E-state index in [4.69, 9.17) is 11.6 Å². The average Bonchev–Trinajstić information content (AvgIpc) is 2.88. The number of nitrogens with zero attached hydrogens (tertiary/aromatic N) is 1. The molecule has 0 fully saturated rings. The van der Waals surface area contributed by atoms with Gasteiger partial charge in [-0.3, -0.25) is 9.59 Å². The van der Waals surface area contributed by atoms with Crippen molar-refractivity contribution in [2.24, 2.45) is 0 Å². The van der Waals surface area contributed by atoms with Crippen LogP contribution in [0.25, 0.3) is 0 Å². The van der Waals surface area contributed by atoms with Crippen LogP contribution in [0.3, 0.4) is 0 Å². The second kappa shape index (κ2) is 14.7. The zero-order valence-electron chi connectivity index (χ0n) is 21.1. The summed E-state index contributed by atoms with van der Waals surface area (Å²) in [5.41, 5.74) is 3.18. The molecule has 0 saturated carbocycles. The van der Waals surface area contributed by atoms with Crippen molar-refractivity contribution < 1.29 is 9.59 Å². The Morgan fingerprint density at radius 1 is 0.972 bits per heavy atom. The first-order valence-electron chi connectivity index (χ1n) is 12.5. The van der Waals surface area contributed by atoms with Crippen LogP contribution in [0.15, 0.2) is 83.8 Å². The second-order valence-electron chi connectivity index (χ2n) is 8.91. The van der Waals surface area contributed by atoms with Crippen molar-refractivity contribution in [2.45, 2.75) is 57.0 Å². The van der Waals surface area contributed by atoms with Crippen molar-refractivity contribution in [3.63, 3.8) is 0 Å². The smallest absolute Gasteiger partial charge is 0.243 e. The maximum atomic E-state index is 13.7. The standard InChI is InChI=1S/C30H35ClN2O2S/c1-3-4-18-32-30(35)28(21-24-10-6-5-7-11-24)33(22-25-12-8-9-23(2)20-25)29(34)17-19-36-27-15-13-26(31)14-16-27/h5-16,20,28H,3-4,17-19,21-22H2,1-2H3,(H,32,35)/t28-/m0/s1. The Kier molecular flexibility index (Phi) is 11.4. The van der Waals surface area contributed by atoms with E-state index in [1.165, 1.54) is 0 Å². The van der Waals surface area contributed by atoms with Crippen molar-refractivity contribution >= 4 is 35.2 Å². The van der Waals surface area contributed by atoms with Gasteiger partial charge < -0.3 is 10.2 Å². The Hall–Kier alpha value is -2.76. The molecule has 3 rings (SSSR count). The maximum Gasteiger partial charge on any atom is 0.243 e. The zero-order valence-corrected chi connectivity index (χ0v) is 22.7. The monoisotopic (exact) mass is 522 g/mol. The molecule has 3 aromatic carbocycles. The molecule has 0 spiro atoms. The van der Waals surface area contributed by atoms with Crippen LogP contribution in [0.2, 0.25) is 5.02 Å². The Labute approximate surface area is 224 Å². The van der Waals surface area contributed by atoms with Gasteiger partial charge in [-0.15, -0.1) is 11.8 Å². The maximum absolute atomic E-state index is 13.7. The summed E-state index contributed by atoms with van der Waals surface area (Å²) in [6.45, 7) is 5.14. The molecular formula is C30H35ClN2O2S. The van der Waals surface area contributed by atoms with Gasteiger partial charge in [-0.1, -0.05) is 85.1 Å². The lowest BCUT2D eigenvalue weighted by molar-refractivity contribution is -0.141. The summed E-state index contributed by atoms with van der Waals surface area (Å²) in [6, 6.07) is 25.1. The largest absolute Gasteiger partial charge is 0.354 e. The van der Waals surface area contributed by atoms with Crippen molar-refractivity contribution in [2.75, 3.05) is 12.3 Å². The fraction of sp³-hybridized carbons (Fsp3) is 0.333. The van der Waals surface area contributed by atoms with E-state index in [0.717, 1.165) is 34.4 Å². The molecule has 0 aliphatic rings. The molecule has 2 amide bonds. The molecule has 190 valence electrons. The summed E-state index contributed by atoms with van der Waals surface area (Å²) in [6.07, 6.45) is 2.72. The third-order valence-electron chi connectivity index (χ3n) is 5.93. The fourth-order valence-electron chi connectivity index (χ4n) is 4.00. The molecule has 4 nitrogen and oxygen atoms in total. The van der Waals surface area contributed by atoms with Crippen LogP contribution < -0.4 is 5.32 Å². The van der Waals surface area contributed by atoms with E-state index in [0.29, 0.717) is 36.7 Å². The summed E-state index contributed by atoms with van der Waals surface area (Å²) in [5.74, 6) is 0.503. The number of benzene rings is 3. The van der Waals surface area contributed by atoms with Gasteiger partial charge in [-0.2, -0.15) is 0 Å². The normalized spacial score (nSPS) is 11.6. The Morgan fingerprint density at radius 2 is 1.69 bits per heavy atom. The number of carbonyl (C=O) groups is 2. The first-order valence-corrected chi connectivity index (χ1v) is 13.9. The topological polar surface area (TPSA) is 49.4 Å². The van der Waals surface area contributed by atoms with Crippen LogP contribution in [-0.4, -0.2) is 35.1 Å². The highest BCUT2D eigenvalue weighted by molar-refractivity contribution is 7.99. The molecule has 0 bridgehead atoms. The molecule has 1 N–H and O–H groups in total. The summed E-state index contributed by atoms with van der Waals surface area (Å²) < 4.78 is 0. The first kappa shape index (κ1) is 27.8. The number of halogens is 1. The van der Waals surface area contributed by atoms with Crippen molar-refractivity contribution in [1.82, 2.24) is 10.2 Å². The lowest BCUT2D eigenvalue weighted by atomic mass is 10.0. The van der Waals surface area contributed by atoms with Gasteiger partial charge in [-0.25, -0.2) is 0 Å². The molecule has 1 atom stereocenters. The highest BCUT2D eigenvalue weighted by atomic mass is 35.5. The van der Waals surface area contributed by atoms with Crippen LogP contribution >= 0.6 is 23.4 Å². The molecule has 0 aliphatic heterocycles. The van der Waals surface area contributed by atoms with Gasteiger partial charge in [0.25, 0.3) is 0 Å². The summed E-state index contributed by atoms with van der Waals surface area (Å²) in [7, 11) is 0. The number of amides is 2. The third kappa shape index (κ3) is 9.03. The number of hydrogen-bond acceptors (Lipinski definition) is 3. The van der Waals surface area contributed by atoms with Gasteiger partial charge in [0, 0.05) is 41.6 Å². The molecule has 0 saturated heterocycles. The minimum absolute atomic E-state index is 0.0236. The molecule has 0 aromatic heterocycles. The average molecular weight is 523 g/mol. The SMILES string of the molecule is CCCCNC(=O)[C@H](Cc1ccccc1)N(Cc1cccc(C)c1)C(=O)CCSc1ccc(Cl)cc1. The number of unbranched alkanes of at least 4 members (excludes halogenated alkanes) is 1. The number of carbonyl (C=O) groups excluding carboxylic acids is 2. The van der Waals surface area contributed by atoms with Crippen LogP contribution in [0.5, 0.6) is 0 Å². The first-order chi connectivity index (χ1) is 17.5. The quantitative estimate of drug-likeness (QED) is 0.201. The van der Waals surface area contributed by atoms with Gasteiger partial charge in [0.05, 0.1) is 0 Å². The Bertz CT molecular complexity index is 1110. The van der Waals surface area contributed by atoms with Gasteiger partial charge in [0.15, 0.2) is 0 Å². The van der Waals surface area contributed by atoms with E-state index in [9.17, 15) is 9.59 Å². The van der Waals surface area contributed by atoms with E-state index in [1.54, 1.807) is 16.7 Å². The highest BCUT2D eigenvalue weighted by Crippen LogP contribution is 2.23. The zero-order chi connectivity index (χ0) is 25.8. The number of rotatable bonds is 13. The molecule has 6 heteroatoms. The summed E-state index contributed by atoms with van der Waals surface area (Å²) in [4.78, 5) is 29.9. The van der Waals surface area contributed by atoms with Crippen molar-refractivity contribution in [3.8, 4) is 0 Å². The number of thioether (sulfide) groups is 1.